The maximum atomic E-state index is 13.3. The first-order valence-electron chi connectivity index (χ1n) is 10.0. The topological polar surface area (TPSA) is 66.9 Å². The number of anilines is 1. The molecular formula is C23H25FN2O4. The van der Waals surface area contributed by atoms with Crippen LogP contribution in [0.25, 0.3) is 0 Å². The molecule has 1 fully saturated rings. The highest BCUT2D eigenvalue weighted by molar-refractivity contribution is 6.23. The Morgan fingerprint density at radius 3 is 2.33 bits per heavy atom. The third-order valence-electron chi connectivity index (χ3n) is 5.26. The molecule has 2 aromatic rings. The minimum atomic E-state index is -0.906. The fourth-order valence-corrected chi connectivity index (χ4v) is 3.55. The van der Waals surface area contributed by atoms with E-state index < -0.39 is 23.7 Å². The van der Waals surface area contributed by atoms with Crippen LogP contribution in [0.4, 0.5) is 10.1 Å². The van der Waals surface area contributed by atoms with Crippen LogP contribution in [0, 0.1) is 5.82 Å². The fraction of sp³-hybridized carbons (Fsp3) is 0.348. The normalized spacial score (nSPS) is 17.2. The smallest absolute Gasteiger partial charge is 0.257 e. The van der Waals surface area contributed by atoms with Crippen molar-refractivity contribution in [3.63, 3.8) is 0 Å². The molecule has 0 spiro atoms. The molecule has 0 bridgehead atoms. The van der Waals surface area contributed by atoms with E-state index in [0.717, 1.165) is 4.90 Å². The molecule has 2 unspecified atom stereocenters. The number of benzene rings is 2. The van der Waals surface area contributed by atoms with Crippen molar-refractivity contribution in [2.75, 3.05) is 11.5 Å². The van der Waals surface area contributed by atoms with Gasteiger partial charge in [0.15, 0.2) is 0 Å². The Morgan fingerprint density at radius 2 is 1.77 bits per heavy atom. The zero-order valence-electron chi connectivity index (χ0n) is 17.3. The van der Waals surface area contributed by atoms with Gasteiger partial charge in [0.05, 0.1) is 18.7 Å². The van der Waals surface area contributed by atoms with Crippen molar-refractivity contribution >= 4 is 23.4 Å². The standard InChI is InChI=1S/C23H25FN2O4/c1-4-15(3)25(22(28)16-6-8-17(24)9-7-16)20-14-21(27)26(23(20)29)18-10-12-19(13-11-18)30-5-2/h6-13,15,20H,4-5,14H2,1-3H3. The number of nitrogens with zero attached hydrogens (tertiary/aromatic N) is 2. The molecule has 1 aliphatic rings. The van der Waals surface area contributed by atoms with E-state index in [1.807, 2.05) is 20.8 Å². The van der Waals surface area contributed by atoms with E-state index in [1.165, 1.54) is 29.2 Å². The Balaban J connectivity index is 1.89. The zero-order chi connectivity index (χ0) is 21.8. The molecule has 6 nitrogen and oxygen atoms in total. The van der Waals surface area contributed by atoms with Gasteiger partial charge < -0.3 is 9.64 Å². The van der Waals surface area contributed by atoms with Gasteiger partial charge in [-0.3, -0.25) is 14.4 Å². The van der Waals surface area contributed by atoms with Crippen molar-refractivity contribution in [3.8, 4) is 5.75 Å². The van der Waals surface area contributed by atoms with E-state index in [4.69, 9.17) is 4.74 Å². The second-order valence-corrected chi connectivity index (χ2v) is 7.19. The third-order valence-corrected chi connectivity index (χ3v) is 5.26. The Kier molecular flexibility index (Phi) is 6.50. The first-order valence-corrected chi connectivity index (χ1v) is 10.0. The lowest BCUT2D eigenvalue weighted by Gasteiger charge is -2.33. The van der Waals surface area contributed by atoms with Gasteiger partial charge in [-0.25, -0.2) is 9.29 Å². The van der Waals surface area contributed by atoms with Gasteiger partial charge in [0.1, 0.15) is 17.6 Å². The van der Waals surface area contributed by atoms with Crippen molar-refractivity contribution < 1.29 is 23.5 Å². The molecule has 3 amide bonds. The first-order chi connectivity index (χ1) is 14.4. The molecule has 0 aromatic heterocycles. The summed E-state index contributed by atoms with van der Waals surface area (Å²) in [6.45, 7) is 6.12. The third kappa shape index (κ3) is 4.20. The van der Waals surface area contributed by atoms with E-state index >= 15 is 0 Å². The molecule has 158 valence electrons. The monoisotopic (exact) mass is 412 g/mol. The van der Waals surface area contributed by atoms with Crippen LogP contribution in [-0.4, -0.2) is 41.3 Å². The average Bonchev–Trinajstić information content (AvgIpc) is 3.03. The van der Waals surface area contributed by atoms with Crippen molar-refractivity contribution in [1.82, 2.24) is 4.90 Å². The number of carbonyl (C=O) groups is 3. The van der Waals surface area contributed by atoms with E-state index in [1.54, 1.807) is 24.3 Å². The fourth-order valence-electron chi connectivity index (χ4n) is 3.55. The van der Waals surface area contributed by atoms with Crippen molar-refractivity contribution in [3.05, 3.63) is 59.9 Å². The van der Waals surface area contributed by atoms with Gasteiger partial charge in [0.25, 0.3) is 11.8 Å². The first kappa shape index (κ1) is 21.5. The maximum absolute atomic E-state index is 13.3. The molecule has 3 rings (SSSR count). The summed E-state index contributed by atoms with van der Waals surface area (Å²) in [7, 11) is 0. The summed E-state index contributed by atoms with van der Waals surface area (Å²) in [5.41, 5.74) is 0.714. The summed E-state index contributed by atoms with van der Waals surface area (Å²) in [4.78, 5) is 41.6. The molecule has 2 atom stereocenters. The molecule has 0 N–H and O–H groups in total. The Hall–Kier alpha value is -3.22. The van der Waals surface area contributed by atoms with Gasteiger partial charge in [-0.05, 0) is 68.8 Å². The van der Waals surface area contributed by atoms with Crippen LogP contribution in [0.5, 0.6) is 5.75 Å². The molecule has 2 aromatic carbocycles. The Morgan fingerprint density at radius 1 is 1.13 bits per heavy atom. The summed E-state index contributed by atoms with van der Waals surface area (Å²) in [6, 6.07) is 10.7. The Bertz CT molecular complexity index is 927. The van der Waals surface area contributed by atoms with Crippen LogP contribution < -0.4 is 9.64 Å². The maximum Gasteiger partial charge on any atom is 0.257 e. The number of halogens is 1. The summed E-state index contributed by atoms with van der Waals surface area (Å²) < 4.78 is 18.7. The lowest BCUT2D eigenvalue weighted by Crippen LogP contribution is -2.49. The molecule has 1 heterocycles. The van der Waals surface area contributed by atoms with Crippen molar-refractivity contribution in [2.45, 2.75) is 45.7 Å². The highest BCUT2D eigenvalue weighted by atomic mass is 19.1. The second kappa shape index (κ2) is 9.07. The van der Waals surface area contributed by atoms with Gasteiger partial charge in [0, 0.05) is 11.6 Å². The van der Waals surface area contributed by atoms with Gasteiger partial charge in [-0.2, -0.15) is 0 Å². The van der Waals surface area contributed by atoms with E-state index in [2.05, 4.69) is 0 Å². The number of amides is 3. The Labute approximate surface area is 175 Å². The van der Waals surface area contributed by atoms with Gasteiger partial charge >= 0.3 is 0 Å². The minimum absolute atomic E-state index is 0.0939. The van der Waals surface area contributed by atoms with E-state index in [9.17, 15) is 18.8 Å². The molecular weight excluding hydrogens is 387 g/mol. The van der Waals surface area contributed by atoms with Gasteiger partial charge in [-0.15, -0.1) is 0 Å². The SMILES string of the molecule is CCOc1ccc(N2C(=O)CC(N(C(=O)c3ccc(F)cc3)C(C)CC)C2=O)cc1. The summed E-state index contributed by atoms with van der Waals surface area (Å²) >= 11 is 0. The lowest BCUT2D eigenvalue weighted by molar-refractivity contribution is -0.122. The number of imide groups is 1. The summed E-state index contributed by atoms with van der Waals surface area (Å²) in [5, 5.41) is 0. The number of hydrogen-bond donors (Lipinski definition) is 0. The van der Waals surface area contributed by atoms with E-state index in [0.29, 0.717) is 24.5 Å². The number of hydrogen-bond acceptors (Lipinski definition) is 4. The number of carbonyl (C=O) groups excluding carboxylic acids is 3. The molecule has 1 saturated heterocycles. The van der Waals surface area contributed by atoms with Gasteiger partial charge in [-0.1, -0.05) is 6.92 Å². The largest absolute Gasteiger partial charge is 0.494 e. The second-order valence-electron chi connectivity index (χ2n) is 7.19. The van der Waals surface area contributed by atoms with E-state index in [-0.39, 0.29) is 23.9 Å². The summed E-state index contributed by atoms with van der Waals surface area (Å²) in [5.74, 6) is -1.02. The molecule has 1 aliphatic heterocycles. The highest BCUT2D eigenvalue weighted by Crippen LogP contribution is 2.29. The summed E-state index contributed by atoms with van der Waals surface area (Å²) in [6.07, 6.45) is 0.511. The predicted octanol–water partition coefficient (Wildman–Crippen LogP) is 3.80. The molecule has 7 heteroatoms. The lowest BCUT2D eigenvalue weighted by atomic mass is 10.1. The molecule has 0 saturated carbocycles. The quantitative estimate of drug-likeness (QED) is 0.649. The van der Waals surface area contributed by atoms with Crippen LogP contribution in [0.2, 0.25) is 0 Å². The predicted molar refractivity (Wildman–Crippen MR) is 111 cm³/mol. The molecule has 0 radical (unpaired) electrons. The van der Waals surface area contributed by atoms with Crippen molar-refractivity contribution in [1.29, 1.82) is 0 Å². The van der Waals surface area contributed by atoms with Crippen LogP contribution in [0.15, 0.2) is 48.5 Å². The number of ether oxygens (including phenoxy) is 1. The minimum Gasteiger partial charge on any atom is -0.494 e. The van der Waals surface area contributed by atoms with Crippen molar-refractivity contribution in [2.24, 2.45) is 0 Å². The van der Waals surface area contributed by atoms with Crippen LogP contribution >= 0.6 is 0 Å². The van der Waals surface area contributed by atoms with Crippen LogP contribution in [-0.2, 0) is 9.59 Å². The molecule has 30 heavy (non-hydrogen) atoms. The zero-order valence-corrected chi connectivity index (χ0v) is 17.3. The highest BCUT2D eigenvalue weighted by Gasteiger charge is 2.45. The average molecular weight is 412 g/mol. The van der Waals surface area contributed by atoms with Crippen LogP contribution in [0.1, 0.15) is 44.0 Å². The number of rotatable bonds is 7. The van der Waals surface area contributed by atoms with Gasteiger partial charge in [0.2, 0.25) is 5.91 Å². The van der Waals surface area contributed by atoms with Crippen LogP contribution in [0.3, 0.4) is 0 Å². The molecule has 0 aliphatic carbocycles.